The van der Waals surface area contributed by atoms with Gasteiger partial charge in [0.2, 0.25) is 0 Å². The lowest BCUT2D eigenvalue weighted by Crippen LogP contribution is -2.58. The number of hydrogen-bond donors (Lipinski definition) is 0. The van der Waals surface area contributed by atoms with Crippen LogP contribution in [0.3, 0.4) is 0 Å². The van der Waals surface area contributed by atoms with E-state index in [0.29, 0.717) is 17.8 Å². The second-order valence-corrected chi connectivity index (χ2v) is 11.6. The number of nitrogens with zero attached hydrogens (tertiary/aromatic N) is 5. The molecule has 3 aromatic rings. The van der Waals surface area contributed by atoms with E-state index in [-0.39, 0.29) is 64.6 Å². The fourth-order valence-electron chi connectivity index (χ4n) is 5.32. The lowest BCUT2D eigenvalue weighted by Gasteiger charge is -2.40. The molecule has 0 radical (unpaired) electrons. The Morgan fingerprint density at radius 1 is 1.15 bits per heavy atom. The van der Waals surface area contributed by atoms with Crippen LogP contribution in [0.5, 0.6) is 11.5 Å². The molecule has 2 aliphatic rings. The molecule has 1 atom stereocenters. The average molecular weight is 586 g/mol. The predicted molar refractivity (Wildman–Crippen MR) is 151 cm³/mol. The summed E-state index contributed by atoms with van der Waals surface area (Å²) in [5.74, 6) is -0.599. The highest BCUT2D eigenvalue weighted by atomic mass is 35.5. The molecule has 2 aromatic heterocycles. The fourth-order valence-corrected chi connectivity index (χ4v) is 5.61. The topological polar surface area (TPSA) is 99.0 Å². The highest BCUT2D eigenvalue weighted by Crippen LogP contribution is 2.47. The number of fused-ring (bicyclic) bond motifs is 2. The van der Waals surface area contributed by atoms with Gasteiger partial charge >= 0.3 is 6.09 Å². The number of carbonyl (C=O) groups is 2. The molecule has 4 heterocycles. The Hall–Kier alpha value is -3.86. The smallest absolute Gasteiger partial charge is 0.410 e. The molecule has 0 bridgehead atoms. The van der Waals surface area contributed by atoms with Gasteiger partial charge in [-0.3, -0.25) is 9.48 Å². The van der Waals surface area contributed by atoms with Crippen LogP contribution in [0.25, 0.3) is 22.5 Å². The summed E-state index contributed by atoms with van der Waals surface area (Å²) in [7, 11) is 3.23. The van der Waals surface area contributed by atoms with Crippen LogP contribution < -0.4 is 9.47 Å². The van der Waals surface area contributed by atoms with Gasteiger partial charge in [-0.2, -0.15) is 5.10 Å². The molecule has 0 aliphatic carbocycles. The highest BCUT2D eigenvalue weighted by Gasteiger charge is 2.41. The van der Waals surface area contributed by atoms with E-state index in [1.165, 1.54) is 19.2 Å². The molecule has 0 spiro atoms. The van der Waals surface area contributed by atoms with E-state index in [4.69, 9.17) is 30.8 Å². The molecule has 218 valence electrons. The van der Waals surface area contributed by atoms with Crippen molar-refractivity contribution >= 4 is 23.6 Å². The molecule has 1 saturated heterocycles. The van der Waals surface area contributed by atoms with Crippen LogP contribution in [0.2, 0.25) is 5.02 Å². The zero-order valence-corrected chi connectivity index (χ0v) is 24.9. The average Bonchev–Trinajstić information content (AvgIpc) is 3.07. The third-order valence-corrected chi connectivity index (χ3v) is 7.65. The molecular weight excluding hydrogens is 553 g/mol. The van der Waals surface area contributed by atoms with Gasteiger partial charge in [-0.15, -0.1) is 0 Å². The zero-order chi connectivity index (χ0) is 29.8. The molecule has 0 N–H and O–H groups in total. The minimum atomic E-state index is -0.655. The molecule has 0 unspecified atom stereocenters. The Morgan fingerprint density at radius 2 is 1.88 bits per heavy atom. The SMILES string of the molecule is COc1cccc(F)c1-c1nc(-c2c(C)nn(C)c2C)c2c(c1Cl)OC[C@H]1CN(C(=O)OC(C)(C)C)CCN1C2=O. The largest absolute Gasteiger partial charge is 0.496 e. The molecule has 12 heteroatoms. The Kier molecular flexibility index (Phi) is 7.35. The lowest BCUT2D eigenvalue weighted by atomic mass is 9.98. The van der Waals surface area contributed by atoms with Crippen LogP contribution in [-0.4, -0.2) is 81.6 Å². The first-order chi connectivity index (χ1) is 19.3. The summed E-state index contributed by atoms with van der Waals surface area (Å²) in [6.45, 7) is 9.92. The van der Waals surface area contributed by atoms with Crippen molar-refractivity contribution in [2.75, 3.05) is 33.4 Å². The van der Waals surface area contributed by atoms with E-state index in [0.717, 1.165) is 5.69 Å². The number of aryl methyl sites for hydroxylation is 2. The van der Waals surface area contributed by atoms with Gasteiger partial charge in [-0.1, -0.05) is 17.7 Å². The van der Waals surface area contributed by atoms with Gasteiger partial charge in [0.15, 0.2) is 5.75 Å². The Balaban J connectivity index is 1.67. The number of benzene rings is 1. The minimum absolute atomic E-state index is 0.0106. The van der Waals surface area contributed by atoms with Crippen molar-refractivity contribution in [3.8, 4) is 34.0 Å². The van der Waals surface area contributed by atoms with Gasteiger partial charge in [0.25, 0.3) is 5.91 Å². The Morgan fingerprint density at radius 3 is 2.51 bits per heavy atom. The Labute approximate surface area is 242 Å². The summed E-state index contributed by atoms with van der Waals surface area (Å²) < 4.78 is 34.3. The number of rotatable bonds is 3. The summed E-state index contributed by atoms with van der Waals surface area (Å²) in [5.41, 5.74) is 1.96. The summed E-state index contributed by atoms with van der Waals surface area (Å²) >= 11 is 6.91. The van der Waals surface area contributed by atoms with Gasteiger partial charge in [0.1, 0.15) is 40.1 Å². The first-order valence-electron chi connectivity index (χ1n) is 13.3. The molecule has 2 amide bonds. The molecule has 5 rings (SSSR count). The third kappa shape index (κ3) is 5.07. The van der Waals surface area contributed by atoms with Crippen molar-refractivity contribution in [3.05, 3.63) is 46.0 Å². The number of amides is 2. The van der Waals surface area contributed by atoms with E-state index in [2.05, 4.69) is 5.10 Å². The number of aromatic nitrogens is 3. The summed E-state index contributed by atoms with van der Waals surface area (Å²) in [4.78, 5) is 35.2. The van der Waals surface area contributed by atoms with Crippen LogP contribution in [-0.2, 0) is 11.8 Å². The monoisotopic (exact) mass is 585 g/mol. The molecule has 10 nitrogen and oxygen atoms in total. The maximum absolute atomic E-state index is 15.3. The number of halogens is 2. The molecule has 1 fully saturated rings. The number of pyridine rings is 1. The maximum atomic E-state index is 15.3. The van der Waals surface area contributed by atoms with Gasteiger partial charge < -0.3 is 24.0 Å². The van der Waals surface area contributed by atoms with Gasteiger partial charge in [0.05, 0.1) is 30.1 Å². The first kappa shape index (κ1) is 28.7. The van der Waals surface area contributed by atoms with E-state index >= 15 is 4.39 Å². The van der Waals surface area contributed by atoms with Crippen molar-refractivity contribution < 1.29 is 28.2 Å². The van der Waals surface area contributed by atoms with Crippen molar-refractivity contribution in [3.63, 3.8) is 0 Å². The van der Waals surface area contributed by atoms with Crippen LogP contribution in [0.15, 0.2) is 18.2 Å². The summed E-state index contributed by atoms with van der Waals surface area (Å²) in [5, 5.41) is 4.51. The van der Waals surface area contributed by atoms with Crippen LogP contribution >= 0.6 is 11.6 Å². The van der Waals surface area contributed by atoms with Crippen LogP contribution in [0.1, 0.15) is 42.5 Å². The fraction of sp³-hybridized carbons (Fsp3) is 0.448. The van der Waals surface area contributed by atoms with Crippen molar-refractivity contribution in [2.45, 2.75) is 46.3 Å². The van der Waals surface area contributed by atoms with E-state index < -0.39 is 23.6 Å². The molecule has 41 heavy (non-hydrogen) atoms. The number of ether oxygens (including phenoxy) is 3. The van der Waals surface area contributed by atoms with Crippen LogP contribution in [0, 0.1) is 19.7 Å². The highest BCUT2D eigenvalue weighted by molar-refractivity contribution is 6.35. The van der Waals surface area contributed by atoms with E-state index in [9.17, 15) is 9.59 Å². The maximum Gasteiger partial charge on any atom is 0.410 e. The second-order valence-electron chi connectivity index (χ2n) is 11.2. The molecular formula is C29H33ClFN5O5. The quantitative estimate of drug-likeness (QED) is 0.425. The van der Waals surface area contributed by atoms with Crippen molar-refractivity contribution in [2.24, 2.45) is 7.05 Å². The number of carbonyl (C=O) groups excluding carboxylic acids is 2. The zero-order valence-electron chi connectivity index (χ0n) is 24.2. The second kappa shape index (κ2) is 10.5. The Bertz CT molecular complexity index is 1550. The van der Waals surface area contributed by atoms with Gasteiger partial charge in [-0.05, 0) is 46.8 Å². The summed E-state index contributed by atoms with van der Waals surface area (Å²) in [6.07, 6.45) is -0.456. The van der Waals surface area contributed by atoms with E-state index in [1.807, 2.05) is 13.8 Å². The van der Waals surface area contributed by atoms with Gasteiger partial charge in [-0.25, -0.2) is 14.2 Å². The number of methoxy groups -OCH3 is 1. The van der Waals surface area contributed by atoms with E-state index in [1.54, 1.807) is 48.4 Å². The van der Waals surface area contributed by atoms with Gasteiger partial charge in [0, 0.05) is 37.9 Å². The molecule has 0 saturated carbocycles. The predicted octanol–water partition coefficient (Wildman–Crippen LogP) is 5.02. The van der Waals surface area contributed by atoms with Crippen molar-refractivity contribution in [1.82, 2.24) is 24.6 Å². The summed E-state index contributed by atoms with van der Waals surface area (Å²) in [6, 6.07) is 3.96. The normalized spacial score (nSPS) is 17.0. The standard InChI is InChI=1S/C29H33ClFN5O5/c1-15-20(16(2)34(6)33-15)24-22-26(23(30)25(32-24)21-18(31)9-8-10-19(21)39-7)40-14-17-13-35(11-12-36(17)27(22)37)28(38)41-29(3,4)5/h8-10,17H,11-14H2,1-7H3/t17-/m1/s1. The lowest BCUT2D eigenvalue weighted by molar-refractivity contribution is 0.000956. The molecule has 1 aromatic carbocycles. The number of hydrogen-bond acceptors (Lipinski definition) is 7. The molecule has 2 aliphatic heterocycles. The minimum Gasteiger partial charge on any atom is -0.496 e. The number of piperazine rings is 1. The van der Waals surface area contributed by atoms with Crippen LogP contribution in [0.4, 0.5) is 9.18 Å². The third-order valence-electron chi connectivity index (χ3n) is 7.30. The first-order valence-corrected chi connectivity index (χ1v) is 13.7. The van der Waals surface area contributed by atoms with Crippen molar-refractivity contribution in [1.29, 1.82) is 0 Å².